The Labute approximate surface area is 92.3 Å². The molecule has 2 rings (SSSR count). The highest BCUT2D eigenvalue weighted by molar-refractivity contribution is 7.80. The molecule has 1 aromatic rings. The molecular formula is C10H10FN3S. The lowest BCUT2D eigenvalue weighted by Gasteiger charge is -2.01. The van der Waals surface area contributed by atoms with Gasteiger partial charge in [-0.2, -0.15) is 0 Å². The van der Waals surface area contributed by atoms with E-state index in [1.807, 2.05) is 12.2 Å². The van der Waals surface area contributed by atoms with Crippen LogP contribution < -0.4 is 16.2 Å². The summed E-state index contributed by atoms with van der Waals surface area (Å²) in [7, 11) is 0. The van der Waals surface area contributed by atoms with Gasteiger partial charge in [-0.25, -0.2) is 9.82 Å². The third kappa shape index (κ3) is 2.74. The first-order valence-corrected chi connectivity index (χ1v) is 4.91. The van der Waals surface area contributed by atoms with Crippen molar-refractivity contribution in [3.63, 3.8) is 0 Å². The molecule has 0 spiro atoms. The van der Waals surface area contributed by atoms with E-state index >= 15 is 0 Å². The zero-order chi connectivity index (χ0) is 10.7. The van der Waals surface area contributed by atoms with Crippen molar-refractivity contribution in [3.8, 4) is 0 Å². The second-order valence-electron chi connectivity index (χ2n) is 3.13. The summed E-state index contributed by atoms with van der Waals surface area (Å²) in [6.45, 7) is 0. The molecule has 0 bridgehead atoms. The Bertz CT molecular complexity index is 388. The molecule has 1 heterocycles. The molecule has 1 fully saturated rings. The maximum absolute atomic E-state index is 12.6. The number of hydrogen-bond donors (Lipinski definition) is 3. The monoisotopic (exact) mass is 223 g/mol. The molecule has 3 N–H and O–H groups in total. The van der Waals surface area contributed by atoms with Gasteiger partial charge in [-0.3, -0.25) is 5.43 Å². The van der Waals surface area contributed by atoms with Gasteiger partial charge in [-0.05, 0) is 36.0 Å². The molecule has 5 heteroatoms. The predicted octanol–water partition coefficient (Wildman–Crippen LogP) is 1.15. The topological polar surface area (TPSA) is 36.1 Å². The van der Waals surface area contributed by atoms with Crippen molar-refractivity contribution in [3.05, 3.63) is 41.7 Å². The number of benzene rings is 1. The Hall–Kier alpha value is -1.46. The van der Waals surface area contributed by atoms with E-state index in [2.05, 4.69) is 16.2 Å². The quantitative estimate of drug-likeness (QED) is 0.657. The van der Waals surface area contributed by atoms with Crippen molar-refractivity contribution in [2.75, 3.05) is 0 Å². The molecule has 0 aliphatic carbocycles. The molecule has 15 heavy (non-hydrogen) atoms. The molecule has 1 aliphatic rings. The maximum Gasteiger partial charge on any atom is 0.182 e. The minimum absolute atomic E-state index is 0.0254. The molecule has 1 aliphatic heterocycles. The van der Waals surface area contributed by atoms with Gasteiger partial charge in [-0.15, -0.1) is 0 Å². The van der Waals surface area contributed by atoms with E-state index in [4.69, 9.17) is 12.2 Å². The van der Waals surface area contributed by atoms with Crippen LogP contribution in [0.25, 0.3) is 6.08 Å². The Morgan fingerprint density at radius 3 is 2.60 bits per heavy atom. The highest BCUT2D eigenvalue weighted by Crippen LogP contribution is 2.05. The van der Waals surface area contributed by atoms with Crippen LogP contribution >= 0.6 is 12.2 Å². The van der Waals surface area contributed by atoms with Gasteiger partial charge in [0.25, 0.3) is 0 Å². The largest absolute Gasteiger partial charge is 0.341 e. The van der Waals surface area contributed by atoms with E-state index in [1.165, 1.54) is 12.1 Å². The highest BCUT2D eigenvalue weighted by atomic mass is 32.1. The highest BCUT2D eigenvalue weighted by Gasteiger charge is 2.11. The molecule has 3 nitrogen and oxygen atoms in total. The first kappa shape index (κ1) is 10.1. The number of hydrazine groups is 1. The fraction of sp³-hybridized carbons (Fsp3) is 0.100. The fourth-order valence-corrected chi connectivity index (χ4v) is 1.42. The van der Waals surface area contributed by atoms with E-state index in [9.17, 15) is 4.39 Å². The molecule has 1 aromatic carbocycles. The Morgan fingerprint density at radius 1 is 1.27 bits per heavy atom. The Balaban J connectivity index is 1.99. The van der Waals surface area contributed by atoms with Crippen molar-refractivity contribution in [1.82, 2.24) is 16.2 Å². The fourth-order valence-electron chi connectivity index (χ4n) is 1.23. The average molecular weight is 223 g/mol. The van der Waals surface area contributed by atoms with Crippen LogP contribution in [0.3, 0.4) is 0 Å². The molecule has 0 aromatic heterocycles. The van der Waals surface area contributed by atoms with Crippen LogP contribution in [0.5, 0.6) is 0 Å². The molecule has 1 unspecified atom stereocenters. The van der Waals surface area contributed by atoms with Crippen LogP contribution in [0.1, 0.15) is 5.56 Å². The third-order valence-electron chi connectivity index (χ3n) is 1.98. The summed E-state index contributed by atoms with van der Waals surface area (Å²) in [6.07, 6.45) is 3.77. The molecule has 1 atom stereocenters. The maximum atomic E-state index is 12.6. The summed E-state index contributed by atoms with van der Waals surface area (Å²) in [5, 5.41) is 3.56. The minimum atomic E-state index is -0.230. The number of halogens is 1. The summed E-state index contributed by atoms with van der Waals surface area (Å²) in [5.41, 5.74) is 6.64. The van der Waals surface area contributed by atoms with Crippen molar-refractivity contribution in [1.29, 1.82) is 0 Å². The Morgan fingerprint density at radius 2 is 2.00 bits per heavy atom. The summed E-state index contributed by atoms with van der Waals surface area (Å²) >= 11 is 4.88. The van der Waals surface area contributed by atoms with Crippen molar-refractivity contribution in [2.24, 2.45) is 0 Å². The normalized spacial score (nSPS) is 20.3. The molecule has 0 radical (unpaired) electrons. The van der Waals surface area contributed by atoms with E-state index < -0.39 is 0 Å². The van der Waals surface area contributed by atoms with Crippen LogP contribution in [0, 0.1) is 5.82 Å². The summed E-state index contributed by atoms with van der Waals surface area (Å²) in [5.74, 6) is -0.230. The van der Waals surface area contributed by atoms with E-state index in [0.717, 1.165) is 5.56 Å². The summed E-state index contributed by atoms with van der Waals surface area (Å²) in [4.78, 5) is 0. The van der Waals surface area contributed by atoms with Gasteiger partial charge < -0.3 is 5.32 Å². The van der Waals surface area contributed by atoms with Gasteiger partial charge in [-0.1, -0.05) is 18.2 Å². The van der Waals surface area contributed by atoms with E-state index in [0.29, 0.717) is 5.11 Å². The second-order valence-corrected chi connectivity index (χ2v) is 3.54. The molecule has 1 saturated heterocycles. The molecule has 78 valence electrons. The second kappa shape index (κ2) is 4.37. The minimum Gasteiger partial charge on any atom is -0.341 e. The molecule has 0 saturated carbocycles. The first-order valence-electron chi connectivity index (χ1n) is 4.50. The van der Waals surface area contributed by atoms with Gasteiger partial charge in [0.15, 0.2) is 5.11 Å². The SMILES string of the molecule is Fc1ccc(/C=C/C2NNC(=S)N2)cc1. The standard InChI is InChI=1S/C10H10FN3S/c11-8-4-1-7(2-5-8)3-6-9-12-10(15)14-13-9/h1-6,9,13H,(H2,12,14,15)/b6-3+. The van der Waals surface area contributed by atoms with Gasteiger partial charge in [0.2, 0.25) is 0 Å². The van der Waals surface area contributed by atoms with E-state index in [1.54, 1.807) is 12.1 Å². The first-order chi connectivity index (χ1) is 7.24. The lowest BCUT2D eigenvalue weighted by molar-refractivity contribution is 0.621. The van der Waals surface area contributed by atoms with E-state index in [-0.39, 0.29) is 12.0 Å². The molecular weight excluding hydrogens is 213 g/mol. The van der Waals surface area contributed by atoms with Crippen molar-refractivity contribution in [2.45, 2.75) is 6.17 Å². The van der Waals surface area contributed by atoms with Gasteiger partial charge in [0.1, 0.15) is 12.0 Å². The predicted molar refractivity (Wildman–Crippen MR) is 61.2 cm³/mol. The lowest BCUT2D eigenvalue weighted by atomic mass is 10.2. The Kier molecular flexibility index (Phi) is 2.94. The smallest absolute Gasteiger partial charge is 0.182 e. The van der Waals surface area contributed by atoms with Gasteiger partial charge >= 0.3 is 0 Å². The zero-order valence-corrected chi connectivity index (χ0v) is 8.64. The zero-order valence-electron chi connectivity index (χ0n) is 7.83. The number of thiocarbonyl (C=S) groups is 1. The van der Waals surface area contributed by atoms with Crippen LogP contribution in [0.4, 0.5) is 4.39 Å². The third-order valence-corrected chi connectivity index (χ3v) is 2.20. The summed E-state index contributed by atoms with van der Waals surface area (Å²) in [6, 6.07) is 6.29. The number of hydrogen-bond acceptors (Lipinski definition) is 2. The van der Waals surface area contributed by atoms with Crippen LogP contribution in [0.15, 0.2) is 30.3 Å². The number of nitrogens with one attached hydrogen (secondary N) is 3. The lowest BCUT2D eigenvalue weighted by Crippen LogP contribution is -2.31. The average Bonchev–Trinajstić information content (AvgIpc) is 2.64. The van der Waals surface area contributed by atoms with Crippen LogP contribution in [-0.4, -0.2) is 11.3 Å². The van der Waals surface area contributed by atoms with Gasteiger partial charge in [0.05, 0.1) is 0 Å². The van der Waals surface area contributed by atoms with Crippen LogP contribution in [0.2, 0.25) is 0 Å². The van der Waals surface area contributed by atoms with Crippen molar-refractivity contribution >= 4 is 23.4 Å². The van der Waals surface area contributed by atoms with Crippen molar-refractivity contribution < 1.29 is 4.39 Å². The number of rotatable bonds is 2. The molecule has 0 amide bonds. The summed E-state index contributed by atoms with van der Waals surface area (Å²) < 4.78 is 12.6. The van der Waals surface area contributed by atoms with Crippen LogP contribution in [-0.2, 0) is 0 Å². The van der Waals surface area contributed by atoms with Gasteiger partial charge in [0, 0.05) is 0 Å².